The maximum absolute atomic E-state index is 12.4. The van der Waals surface area contributed by atoms with Gasteiger partial charge >= 0.3 is 11.9 Å². The summed E-state index contributed by atoms with van der Waals surface area (Å²) in [5.41, 5.74) is -0.104. The highest BCUT2D eigenvalue weighted by Crippen LogP contribution is 2.40. The number of carbonyl (C=O) groups is 4. The number of carboxylic acids is 1. The molecule has 0 bridgehead atoms. The van der Waals surface area contributed by atoms with E-state index >= 15 is 0 Å². The maximum atomic E-state index is 12.4. The molecule has 3 rings (SSSR count). The Balaban J connectivity index is 1.72. The van der Waals surface area contributed by atoms with Crippen molar-refractivity contribution in [1.29, 1.82) is 0 Å². The number of ether oxygens (including phenoxy) is 1. The van der Waals surface area contributed by atoms with Gasteiger partial charge in [-0.15, -0.1) is 23.1 Å². The van der Waals surface area contributed by atoms with Gasteiger partial charge < -0.3 is 20.1 Å². The van der Waals surface area contributed by atoms with Crippen LogP contribution in [0.15, 0.2) is 28.5 Å². The van der Waals surface area contributed by atoms with Crippen molar-refractivity contribution >= 4 is 46.9 Å². The van der Waals surface area contributed by atoms with Gasteiger partial charge in [0.25, 0.3) is 0 Å². The Bertz CT molecular complexity index is 760. The largest absolute Gasteiger partial charge is 0.479 e. The molecule has 1 saturated heterocycles. The van der Waals surface area contributed by atoms with Crippen LogP contribution < -0.4 is 5.32 Å². The van der Waals surface area contributed by atoms with Crippen LogP contribution in [0.5, 0.6) is 0 Å². The summed E-state index contributed by atoms with van der Waals surface area (Å²) >= 11 is 2.55. The van der Waals surface area contributed by atoms with Crippen molar-refractivity contribution in [2.24, 2.45) is 0 Å². The zero-order valence-electron chi connectivity index (χ0n) is 13.0. The molecule has 25 heavy (non-hydrogen) atoms. The van der Waals surface area contributed by atoms with Crippen LogP contribution in [-0.4, -0.2) is 58.3 Å². The molecule has 3 atom stereocenters. The van der Waals surface area contributed by atoms with Crippen LogP contribution in [0.4, 0.5) is 0 Å². The summed E-state index contributed by atoms with van der Waals surface area (Å²) in [6.45, 7) is 0. The van der Waals surface area contributed by atoms with Gasteiger partial charge in [0.1, 0.15) is 11.4 Å². The van der Waals surface area contributed by atoms with Gasteiger partial charge in [-0.1, -0.05) is 6.07 Å². The molecule has 0 aromatic carbocycles. The Morgan fingerprint density at radius 1 is 1.40 bits per heavy atom. The van der Waals surface area contributed by atoms with Crippen molar-refractivity contribution < 1.29 is 29.0 Å². The Morgan fingerprint density at radius 3 is 2.76 bits per heavy atom. The number of thiophene rings is 1. The van der Waals surface area contributed by atoms with Crippen molar-refractivity contribution in [2.75, 3.05) is 7.11 Å². The normalized spacial score (nSPS) is 24.7. The second-order valence-corrected chi connectivity index (χ2v) is 7.40. The zero-order valence-corrected chi connectivity index (χ0v) is 14.6. The van der Waals surface area contributed by atoms with E-state index in [4.69, 9.17) is 0 Å². The molecule has 132 valence electrons. The first-order chi connectivity index (χ1) is 11.9. The van der Waals surface area contributed by atoms with Gasteiger partial charge in [0, 0.05) is 4.88 Å². The molecule has 2 amide bonds. The van der Waals surface area contributed by atoms with Crippen molar-refractivity contribution in [3.63, 3.8) is 0 Å². The summed E-state index contributed by atoms with van der Waals surface area (Å²) in [5, 5.41) is 14.7. The molecule has 2 N–H and O–H groups in total. The highest BCUT2D eigenvalue weighted by molar-refractivity contribution is 8.03. The van der Waals surface area contributed by atoms with Crippen LogP contribution in [0.1, 0.15) is 4.88 Å². The third-order valence-electron chi connectivity index (χ3n) is 3.87. The van der Waals surface area contributed by atoms with E-state index < -0.39 is 35.3 Å². The molecule has 3 heterocycles. The van der Waals surface area contributed by atoms with Crippen molar-refractivity contribution in [3.05, 3.63) is 33.4 Å². The number of hydrogen-bond donors (Lipinski definition) is 2. The first kappa shape index (κ1) is 17.5. The van der Waals surface area contributed by atoms with E-state index in [0.717, 1.165) is 28.6 Å². The fourth-order valence-electron chi connectivity index (χ4n) is 2.72. The van der Waals surface area contributed by atoms with E-state index in [-0.39, 0.29) is 17.9 Å². The van der Waals surface area contributed by atoms with E-state index in [2.05, 4.69) is 10.1 Å². The summed E-state index contributed by atoms with van der Waals surface area (Å²) < 4.78 is 4.57. The van der Waals surface area contributed by atoms with Gasteiger partial charge in [0.05, 0.1) is 19.1 Å². The number of methoxy groups -OCH3 is 1. The summed E-state index contributed by atoms with van der Waals surface area (Å²) in [6.07, 6.45) is 0.157. The van der Waals surface area contributed by atoms with Gasteiger partial charge in [0.15, 0.2) is 6.04 Å². The van der Waals surface area contributed by atoms with E-state index in [1.807, 2.05) is 17.5 Å². The van der Waals surface area contributed by atoms with Gasteiger partial charge in [-0.2, -0.15) is 0 Å². The predicted octanol–water partition coefficient (Wildman–Crippen LogP) is 0.201. The van der Waals surface area contributed by atoms with E-state index in [9.17, 15) is 24.3 Å². The number of rotatable bonds is 5. The first-order valence-corrected chi connectivity index (χ1v) is 9.07. The molecule has 2 aliphatic heterocycles. The molecule has 8 nitrogen and oxygen atoms in total. The molecule has 1 aromatic heterocycles. The van der Waals surface area contributed by atoms with Crippen LogP contribution >= 0.6 is 23.1 Å². The minimum Gasteiger partial charge on any atom is -0.479 e. The number of carbonyl (C=O) groups excluding carboxylic acids is 3. The number of aliphatic carboxylic acids is 1. The Labute approximate surface area is 150 Å². The quantitative estimate of drug-likeness (QED) is 0.552. The number of β-lactam (4-membered cyclic amide) rings is 1. The van der Waals surface area contributed by atoms with Crippen LogP contribution in [0.25, 0.3) is 0 Å². The van der Waals surface area contributed by atoms with Crippen molar-refractivity contribution in [1.82, 2.24) is 10.2 Å². The van der Waals surface area contributed by atoms with Gasteiger partial charge in [-0.25, -0.2) is 9.59 Å². The fourth-order valence-corrected chi connectivity index (χ4v) is 4.63. The number of esters is 1. The number of carboxylic acid groups (broad SMARTS) is 1. The SMILES string of the molecule is COC(=O)C1=CS[C@@H]2C(NC(=O)Cc3cccs3)C(=O)N2C1C(=O)O. The fraction of sp³-hybridized carbons (Fsp3) is 0.333. The van der Waals surface area contributed by atoms with Gasteiger partial charge in [0.2, 0.25) is 11.8 Å². The lowest BCUT2D eigenvalue weighted by atomic mass is 9.98. The maximum Gasteiger partial charge on any atom is 0.336 e. The highest BCUT2D eigenvalue weighted by Gasteiger charge is 2.57. The van der Waals surface area contributed by atoms with Gasteiger partial charge in [-0.3, -0.25) is 9.59 Å². The molecule has 10 heteroatoms. The number of hydrogen-bond acceptors (Lipinski definition) is 7. The van der Waals surface area contributed by atoms with Crippen molar-refractivity contribution in [2.45, 2.75) is 23.9 Å². The molecule has 0 aliphatic carbocycles. The lowest BCUT2D eigenvalue weighted by Gasteiger charge is -2.50. The standard InChI is InChI=1S/C15H14N2O6S2/c1-23-15(22)8-6-25-13-10(12(19)17(13)11(8)14(20)21)16-9(18)5-7-3-2-4-24-7/h2-4,6,10-11,13H,5H2,1H3,(H,16,18)(H,20,21)/t10?,11?,13-/m1/s1. The lowest BCUT2D eigenvalue weighted by molar-refractivity contribution is -0.161. The van der Waals surface area contributed by atoms with Crippen LogP contribution in [0.3, 0.4) is 0 Å². The second kappa shape index (κ2) is 6.89. The van der Waals surface area contributed by atoms with E-state index in [1.54, 1.807) is 0 Å². The Kier molecular flexibility index (Phi) is 4.82. The summed E-state index contributed by atoms with van der Waals surface area (Å²) in [7, 11) is 1.14. The number of nitrogens with one attached hydrogen (secondary N) is 1. The molecule has 0 radical (unpaired) electrons. The minimum absolute atomic E-state index is 0.104. The third kappa shape index (κ3) is 3.14. The molecular weight excluding hydrogens is 368 g/mol. The van der Waals surface area contributed by atoms with Gasteiger partial charge in [-0.05, 0) is 16.9 Å². The third-order valence-corrected chi connectivity index (χ3v) is 5.92. The summed E-state index contributed by atoms with van der Waals surface area (Å²) in [6, 6.07) is 1.43. The van der Waals surface area contributed by atoms with Crippen LogP contribution in [0.2, 0.25) is 0 Å². The first-order valence-electron chi connectivity index (χ1n) is 7.24. The minimum atomic E-state index is -1.41. The number of amides is 2. The summed E-state index contributed by atoms with van der Waals surface area (Å²) in [5.74, 6) is -2.95. The molecule has 0 saturated carbocycles. The van der Waals surface area contributed by atoms with Crippen LogP contribution in [0, 0.1) is 0 Å². The van der Waals surface area contributed by atoms with Crippen molar-refractivity contribution in [3.8, 4) is 0 Å². The molecule has 0 spiro atoms. The Hall–Kier alpha value is -2.33. The zero-order chi connectivity index (χ0) is 18.1. The number of nitrogens with zero attached hydrogens (tertiary/aromatic N) is 1. The lowest BCUT2D eigenvalue weighted by Crippen LogP contribution is -2.74. The molecule has 1 fully saturated rings. The molecule has 2 aliphatic rings. The Morgan fingerprint density at radius 2 is 2.16 bits per heavy atom. The van der Waals surface area contributed by atoms with E-state index in [1.165, 1.54) is 16.7 Å². The summed E-state index contributed by atoms with van der Waals surface area (Å²) in [4.78, 5) is 49.7. The number of fused-ring (bicyclic) bond motifs is 1. The van der Waals surface area contributed by atoms with E-state index in [0.29, 0.717) is 0 Å². The average Bonchev–Trinajstić information content (AvgIpc) is 3.10. The highest BCUT2D eigenvalue weighted by atomic mass is 32.2. The molecule has 1 aromatic rings. The number of thioether (sulfide) groups is 1. The monoisotopic (exact) mass is 382 g/mol. The second-order valence-electron chi connectivity index (χ2n) is 5.38. The smallest absolute Gasteiger partial charge is 0.336 e. The predicted molar refractivity (Wildman–Crippen MR) is 89.7 cm³/mol. The topological polar surface area (TPSA) is 113 Å². The molecule has 2 unspecified atom stereocenters. The average molecular weight is 382 g/mol. The molecular formula is C15H14N2O6S2. The van der Waals surface area contributed by atoms with Crippen LogP contribution in [-0.2, 0) is 30.3 Å².